The number of nitrogens with zero attached hydrogens (tertiary/aromatic N) is 3. The Hall–Kier alpha value is -2.17. The number of fused-ring (bicyclic) bond motifs is 1. The summed E-state index contributed by atoms with van der Waals surface area (Å²) in [6.45, 7) is 3.26. The first kappa shape index (κ1) is 11.0. The van der Waals surface area contributed by atoms with E-state index in [2.05, 4.69) is 21.9 Å². The quantitative estimate of drug-likeness (QED) is 0.869. The molecule has 1 aromatic rings. The fourth-order valence-electron chi connectivity index (χ4n) is 2.07. The number of allylic oxidation sites excluding steroid dienone is 1. The first-order valence-corrected chi connectivity index (χ1v) is 5.88. The highest BCUT2D eigenvalue weighted by atomic mass is 16.5. The molecule has 0 atom stereocenters. The van der Waals surface area contributed by atoms with Crippen molar-refractivity contribution in [3.05, 3.63) is 29.0 Å². The van der Waals surface area contributed by atoms with Crippen LogP contribution >= 0.6 is 0 Å². The molecule has 0 fully saturated rings. The van der Waals surface area contributed by atoms with Crippen LogP contribution in [0.1, 0.15) is 18.2 Å². The van der Waals surface area contributed by atoms with Crippen LogP contribution in [0.4, 0.5) is 5.95 Å². The fraction of sp³-hybridized carbons (Fsp3) is 0.308. The molecule has 0 unspecified atom stereocenters. The molecule has 5 nitrogen and oxygen atoms in total. The molecule has 92 valence electrons. The second-order valence-electron chi connectivity index (χ2n) is 4.44. The Morgan fingerprint density at radius 1 is 1.39 bits per heavy atom. The van der Waals surface area contributed by atoms with Gasteiger partial charge in [0.15, 0.2) is 0 Å². The summed E-state index contributed by atoms with van der Waals surface area (Å²) in [6.07, 6.45) is 6.81. The molecule has 5 heteroatoms. The third kappa shape index (κ3) is 1.99. The molecule has 2 aliphatic rings. The van der Waals surface area contributed by atoms with Gasteiger partial charge in [0, 0.05) is 5.56 Å². The molecule has 1 aromatic heterocycles. The highest BCUT2D eigenvalue weighted by molar-refractivity contribution is 5.98. The van der Waals surface area contributed by atoms with Gasteiger partial charge in [-0.15, -0.1) is 0 Å². The summed E-state index contributed by atoms with van der Waals surface area (Å²) in [5.41, 5.74) is 9.72. The highest BCUT2D eigenvalue weighted by Crippen LogP contribution is 2.26. The van der Waals surface area contributed by atoms with Gasteiger partial charge in [-0.2, -0.15) is 4.98 Å². The van der Waals surface area contributed by atoms with E-state index < -0.39 is 0 Å². The van der Waals surface area contributed by atoms with Gasteiger partial charge in [0.1, 0.15) is 6.61 Å². The Labute approximate surface area is 105 Å². The molecule has 1 aliphatic heterocycles. The lowest BCUT2D eigenvalue weighted by molar-refractivity contribution is 0.358. The van der Waals surface area contributed by atoms with Crippen molar-refractivity contribution < 1.29 is 4.74 Å². The van der Waals surface area contributed by atoms with Crippen LogP contribution in [0.5, 0.6) is 5.88 Å². The Balaban J connectivity index is 1.78. The third-order valence-corrected chi connectivity index (χ3v) is 2.92. The number of nitrogens with two attached hydrogens (primary N) is 1. The Morgan fingerprint density at radius 3 is 3.06 bits per heavy atom. The van der Waals surface area contributed by atoms with Crippen LogP contribution < -0.4 is 10.5 Å². The first-order valence-electron chi connectivity index (χ1n) is 5.88. The molecule has 0 radical (unpaired) electrons. The normalized spacial score (nSPS) is 16.5. The predicted octanol–water partition coefficient (Wildman–Crippen LogP) is 1.41. The number of ether oxygens (including phenoxy) is 1. The van der Waals surface area contributed by atoms with Gasteiger partial charge in [-0.25, -0.2) is 4.98 Å². The second kappa shape index (κ2) is 4.25. The van der Waals surface area contributed by atoms with Crippen molar-refractivity contribution in [3.63, 3.8) is 0 Å². The maximum atomic E-state index is 5.72. The van der Waals surface area contributed by atoms with E-state index in [4.69, 9.17) is 10.5 Å². The molecule has 0 saturated carbocycles. The summed E-state index contributed by atoms with van der Waals surface area (Å²) in [7, 11) is 0. The average Bonchev–Trinajstić information content (AvgIpc) is 2.94. The number of aromatic nitrogens is 2. The molecule has 0 spiro atoms. The maximum absolute atomic E-state index is 5.72. The minimum atomic E-state index is 0.246. The zero-order valence-corrected chi connectivity index (χ0v) is 10.2. The number of hydrogen-bond donors (Lipinski definition) is 1. The van der Waals surface area contributed by atoms with E-state index in [-0.39, 0.29) is 5.95 Å². The van der Waals surface area contributed by atoms with Gasteiger partial charge in [0.25, 0.3) is 0 Å². The van der Waals surface area contributed by atoms with Crippen molar-refractivity contribution in [2.75, 3.05) is 18.9 Å². The Kier molecular flexibility index (Phi) is 2.59. The van der Waals surface area contributed by atoms with Crippen LogP contribution in [0, 0.1) is 0 Å². The van der Waals surface area contributed by atoms with Gasteiger partial charge < -0.3 is 10.5 Å². The Bertz CT molecular complexity index is 587. The number of nitrogen functional groups attached to an aromatic ring is 1. The highest BCUT2D eigenvalue weighted by Gasteiger charge is 2.16. The average molecular weight is 242 g/mol. The maximum Gasteiger partial charge on any atom is 0.223 e. The van der Waals surface area contributed by atoms with E-state index in [1.165, 1.54) is 5.57 Å². The number of anilines is 1. The summed E-state index contributed by atoms with van der Waals surface area (Å²) in [4.78, 5) is 12.7. The van der Waals surface area contributed by atoms with E-state index in [9.17, 15) is 0 Å². The van der Waals surface area contributed by atoms with Crippen molar-refractivity contribution in [2.45, 2.75) is 13.3 Å². The van der Waals surface area contributed by atoms with Gasteiger partial charge in [0.05, 0.1) is 18.0 Å². The van der Waals surface area contributed by atoms with Crippen molar-refractivity contribution in [3.8, 4) is 5.88 Å². The van der Waals surface area contributed by atoms with Crippen LogP contribution in [-0.2, 0) is 6.42 Å². The molecule has 0 amide bonds. The molecule has 2 heterocycles. The van der Waals surface area contributed by atoms with E-state index in [1.54, 1.807) is 0 Å². The van der Waals surface area contributed by atoms with Gasteiger partial charge in [-0.3, -0.25) is 4.99 Å². The van der Waals surface area contributed by atoms with Crippen LogP contribution in [0.2, 0.25) is 0 Å². The van der Waals surface area contributed by atoms with Gasteiger partial charge >= 0.3 is 0 Å². The monoisotopic (exact) mass is 242 g/mol. The fourth-order valence-corrected chi connectivity index (χ4v) is 2.07. The largest absolute Gasteiger partial charge is 0.471 e. The molecule has 0 saturated heterocycles. The van der Waals surface area contributed by atoms with Crippen LogP contribution in [0.15, 0.2) is 22.7 Å². The molecule has 3 rings (SSSR count). The molecule has 1 aliphatic carbocycles. The third-order valence-electron chi connectivity index (χ3n) is 2.92. The van der Waals surface area contributed by atoms with Crippen LogP contribution in [0.25, 0.3) is 6.08 Å². The lowest BCUT2D eigenvalue weighted by atomic mass is 10.2. The molecule has 0 aromatic carbocycles. The van der Waals surface area contributed by atoms with Gasteiger partial charge in [-0.1, -0.05) is 11.6 Å². The summed E-state index contributed by atoms with van der Waals surface area (Å²) in [5.74, 6) is 0.818. The number of hydrogen-bond acceptors (Lipinski definition) is 5. The Morgan fingerprint density at radius 2 is 2.28 bits per heavy atom. The minimum Gasteiger partial charge on any atom is -0.471 e. The van der Waals surface area contributed by atoms with E-state index >= 15 is 0 Å². The predicted molar refractivity (Wildman–Crippen MR) is 70.7 cm³/mol. The smallest absolute Gasteiger partial charge is 0.223 e. The summed E-state index contributed by atoms with van der Waals surface area (Å²) >= 11 is 0. The molecular formula is C13H14N4O. The van der Waals surface area contributed by atoms with Crippen molar-refractivity contribution in [1.82, 2.24) is 9.97 Å². The van der Waals surface area contributed by atoms with Crippen molar-refractivity contribution in [2.24, 2.45) is 4.99 Å². The number of rotatable bonds is 3. The van der Waals surface area contributed by atoms with Gasteiger partial charge in [0.2, 0.25) is 11.8 Å². The van der Waals surface area contributed by atoms with E-state index in [0.717, 1.165) is 29.9 Å². The first-order chi connectivity index (χ1) is 8.72. The zero-order chi connectivity index (χ0) is 12.5. The standard InChI is InChI=1S/C13H14N4O/c1-8-5-9(15-6-8)7-18-12-10-3-2-4-11(10)16-13(14)17-12/h2,4-5H,3,6-7H2,1H3,(H2,14,16,17). The second-order valence-corrected chi connectivity index (χ2v) is 4.44. The summed E-state index contributed by atoms with van der Waals surface area (Å²) in [6, 6.07) is 0. The molecule has 0 bridgehead atoms. The molecular weight excluding hydrogens is 228 g/mol. The molecule has 18 heavy (non-hydrogen) atoms. The van der Waals surface area contributed by atoms with Crippen LogP contribution in [0.3, 0.4) is 0 Å². The lowest BCUT2D eigenvalue weighted by Gasteiger charge is -2.09. The van der Waals surface area contributed by atoms with E-state index in [0.29, 0.717) is 12.5 Å². The molecule has 2 N–H and O–H groups in total. The van der Waals surface area contributed by atoms with E-state index in [1.807, 2.05) is 18.2 Å². The lowest BCUT2D eigenvalue weighted by Crippen LogP contribution is -2.11. The summed E-state index contributed by atoms with van der Waals surface area (Å²) in [5, 5.41) is 0. The zero-order valence-electron chi connectivity index (χ0n) is 10.2. The van der Waals surface area contributed by atoms with Crippen molar-refractivity contribution >= 4 is 17.7 Å². The SMILES string of the molecule is CC1=CC(COc2nc(N)nc3c2CC=C3)=NC1. The van der Waals surface area contributed by atoms with Crippen molar-refractivity contribution in [1.29, 1.82) is 0 Å². The van der Waals surface area contributed by atoms with Gasteiger partial charge in [-0.05, 0) is 25.5 Å². The van der Waals surface area contributed by atoms with Crippen LogP contribution in [-0.4, -0.2) is 28.8 Å². The number of aliphatic imine (C=N–C) groups is 1. The summed E-state index contributed by atoms with van der Waals surface area (Å²) < 4.78 is 5.72. The topological polar surface area (TPSA) is 73.4 Å². The minimum absolute atomic E-state index is 0.246.